The highest BCUT2D eigenvalue weighted by atomic mass is 16.5. The van der Waals surface area contributed by atoms with Crippen molar-refractivity contribution in [2.24, 2.45) is 0 Å². The molecule has 0 spiro atoms. The van der Waals surface area contributed by atoms with Crippen LogP contribution in [0.15, 0.2) is 18.3 Å². The topological polar surface area (TPSA) is 66.5 Å². The third-order valence-electron chi connectivity index (χ3n) is 4.20. The molecule has 0 aromatic carbocycles. The van der Waals surface area contributed by atoms with Gasteiger partial charge >= 0.3 is 0 Å². The number of hydrogen-bond donors (Lipinski definition) is 2. The third-order valence-corrected chi connectivity index (χ3v) is 4.20. The summed E-state index contributed by atoms with van der Waals surface area (Å²) in [5.41, 5.74) is 0.724. The summed E-state index contributed by atoms with van der Waals surface area (Å²) < 4.78 is 5.64. The number of amides is 1. The van der Waals surface area contributed by atoms with Gasteiger partial charge in [-0.1, -0.05) is 0 Å². The molecule has 0 unspecified atom stereocenters. The fraction of sp³-hybridized carbons (Fsp3) is 0.625. The zero-order valence-corrected chi connectivity index (χ0v) is 12.9. The number of ether oxygens (including phenoxy) is 1. The second-order valence-corrected chi connectivity index (χ2v) is 5.91. The Morgan fingerprint density at radius 1 is 1.32 bits per heavy atom. The smallest absolute Gasteiger partial charge is 0.250 e. The number of carbonyl (C=O) groups excluding carboxylic acids is 1. The molecule has 2 N–H and O–H groups in total. The van der Waals surface area contributed by atoms with E-state index in [1.807, 2.05) is 12.1 Å². The highest BCUT2D eigenvalue weighted by Crippen LogP contribution is 2.19. The van der Waals surface area contributed by atoms with Crippen LogP contribution in [0, 0.1) is 0 Å². The average Bonchev–Trinajstić information content (AvgIpc) is 3.09. The average molecular weight is 304 g/mol. The van der Waals surface area contributed by atoms with Gasteiger partial charge in [0.25, 0.3) is 0 Å². The van der Waals surface area contributed by atoms with Crippen LogP contribution in [0.2, 0.25) is 0 Å². The molecule has 0 atom stereocenters. The number of nitrogens with one attached hydrogen (secondary N) is 2. The highest BCUT2D eigenvalue weighted by Gasteiger charge is 2.15. The molecule has 1 aromatic heterocycles. The van der Waals surface area contributed by atoms with Crippen LogP contribution < -0.4 is 15.5 Å². The lowest BCUT2D eigenvalue weighted by Crippen LogP contribution is -2.34. The molecule has 120 valence electrons. The van der Waals surface area contributed by atoms with Crippen molar-refractivity contribution >= 4 is 17.4 Å². The van der Waals surface area contributed by atoms with Crippen LogP contribution in [0.4, 0.5) is 11.5 Å². The summed E-state index contributed by atoms with van der Waals surface area (Å²) in [6.07, 6.45) is 6.32. The third kappa shape index (κ3) is 4.18. The summed E-state index contributed by atoms with van der Waals surface area (Å²) in [5, 5.41) is 6.12. The maximum absolute atomic E-state index is 11.9. The van der Waals surface area contributed by atoms with Crippen molar-refractivity contribution in [2.45, 2.75) is 31.8 Å². The van der Waals surface area contributed by atoms with Crippen LogP contribution in [0.25, 0.3) is 0 Å². The first-order chi connectivity index (χ1) is 10.8. The zero-order valence-electron chi connectivity index (χ0n) is 12.9. The Hall–Kier alpha value is -1.66. The van der Waals surface area contributed by atoms with E-state index >= 15 is 0 Å². The van der Waals surface area contributed by atoms with Gasteiger partial charge in [0.1, 0.15) is 12.4 Å². The fourth-order valence-electron chi connectivity index (χ4n) is 2.95. The van der Waals surface area contributed by atoms with Crippen LogP contribution in [0.3, 0.4) is 0 Å². The van der Waals surface area contributed by atoms with Crippen LogP contribution in [-0.2, 0) is 9.53 Å². The van der Waals surface area contributed by atoms with Crippen molar-refractivity contribution in [2.75, 3.05) is 43.0 Å². The van der Waals surface area contributed by atoms with Gasteiger partial charge < -0.3 is 20.3 Å². The van der Waals surface area contributed by atoms with Gasteiger partial charge in [-0.15, -0.1) is 0 Å². The van der Waals surface area contributed by atoms with E-state index < -0.39 is 0 Å². The van der Waals surface area contributed by atoms with E-state index in [1.165, 1.54) is 12.8 Å². The molecule has 22 heavy (non-hydrogen) atoms. The number of anilines is 2. The van der Waals surface area contributed by atoms with Gasteiger partial charge in [-0.2, -0.15) is 0 Å². The number of rotatable bonds is 5. The van der Waals surface area contributed by atoms with Crippen LogP contribution in [0.1, 0.15) is 25.7 Å². The Balaban J connectivity index is 1.44. The molecule has 6 heteroatoms. The minimum absolute atomic E-state index is 0.110. The number of pyridine rings is 1. The minimum atomic E-state index is -0.116. The van der Waals surface area contributed by atoms with Crippen LogP contribution in [-0.4, -0.2) is 49.8 Å². The molecular formula is C16H24N4O2. The fourth-order valence-corrected chi connectivity index (χ4v) is 2.95. The maximum Gasteiger partial charge on any atom is 0.250 e. The quantitative estimate of drug-likeness (QED) is 0.860. The Morgan fingerprint density at radius 3 is 2.77 bits per heavy atom. The van der Waals surface area contributed by atoms with Crippen molar-refractivity contribution in [3.05, 3.63) is 18.3 Å². The Kier molecular flexibility index (Phi) is 5.24. The number of nitrogens with zero attached hydrogens (tertiary/aromatic N) is 2. The van der Waals surface area contributed by atoms with Gasteiger partial charge in [0.15, 0.2) is 0 Å². The first-order valence-electron chi connectivity index (χ1n) is 8.14. The lowest BCUT2D eigenvalue weighted by atomic mass is 10.1. The molecule has 0 aliphatic carbocycles. The van der Waals surface area contributed by atoms with Crippen molar-refractivity contribution in [3.8, 4) is 0 Å². The number of hydrogen-bond acceptors (Lipinski definition) is 5. The largest absolute Gasteiger partial charge is 0.368 e. The summed E-state index contributed by atoms with van der Waals surface area (Å²) in [6, 6.07) is 3.87. The van der Waals surface area contributed by atoms with Gasteiger partial charge in [-0.05, 0) is 50.9 Å². The molecule has 0 radical (unpaired) electrons. The van der Waals surface area contributed by atoms with E-state index in [4.69, 9.17) is 4.74 Å². The standard InChI is InChI=1S/C16H24N4O2/c21-16(12-22-14-5-7-17-8-6-14)19-13-3-4-15(18-11-13)20-9-1-2-10-20/h3-4,11,14,17H,1-2,5-10,12H2,(H,19,21). The zero-order chi connectivity index (χ0) is 15.2. The second kappa shape index (κ2) is 7.56. The number of aromatic nitrogens is 1. The molecular weight excluding hydrogens is 280 g/mol. The Bertz CT molecular complexity index is 479. The van der Waals surface area contributed by atoms with Crippen molar-refractivity contribution in [1.82, 2.24) is 10.3 Å². The predicted molar refractivity (Wildman–Crippen MR) is 86.2 cm³/mol. The summed E-state index contributed by atoms with van der Waals surface area (Å²) in [6.45, 7) is 4.19. The van der Waals surface area contributed by atoms with Crippen molar-refractivity contribution in [1.29, 1.82) is 0 Å². The molecule has 3 rings (SSSR count). The molecule has 0 saturated carbocycles. The Labute approximate surface area is 131 Å². The number of piperidine rings is 1. The van der Waals surface area contributed by atoms with Gasteiger partial charge in [-0.25, -0.2) is 4.98 Å². The van der Waals surface area contributed by atoms with Crippen molar-refractivity contribution < 1.29 is 9.53 Å². The lowest BCUT2D eigenvalue weighted by Gasteiger charge is -2.22. The van der Waals surface area contributed by atoms with E-state index in [-0.39, 0.29) is 18.6 Å². The predicted octanol–water partition coefficient (Wildman–Crippen LogP) is 1.39. The maximum atomic E-state index is 11.9. The SMILES string of the molecule is O=C(COC1CCNCC1)Nc1ccc(N2CCCC2)nc1. The van der Waals surface area contributed by atoms with Crippen molar-refractivity contribution in [3.63, 3.8) is 0 Å². The molecule has 6 nitrogen and oxygen atoms in total. The van der Waals surface area contributed by atoms with E-state index in [1.54, 1.807) is 6.20 Å². The molecule has 0 bridgehead atoms. The molecule has 2 aliphatic heterocycles. The minimum Gasteiger partial charge on any atom is -0.368 e. The monoisotopic (exact) mass is 304 g/mol. The number of carbonyl (C=O) groups is 1. The normalized spacial score (nSPS) is 19.4. The van der Waals surface area contributed by atoms with E-state index in [9.17, 15) is 4.79 Å². The van der Waals surface area contributed by atoms with Gasteiger partial charge in [0.2, 0.25) is 5.91 Å². The second-order valence-electron chi connectivity index (χ2n) is 5.91. The van der Waals surface area contributed by atoms with Crippen LogP contribution >= 0.6 is 0 Å². The lowest BCUT2D eigenvalue weighted by molar-refractivity contribution is -0.123. The molecule has 2 saturated heterocycles. The summed E-state index contributed by atoms with van der Waals surface area (Å²) in [4.78, 5) is 18.6. The van der Waals surface area contributed by atoms with E-state index in [0.717, 1.165) is 50.5 Å². The Morgan fingerprint density at radius 2 is 2.09 bits per heavy atom. The molecule has 3 heterocycles. The van der Waals surface area contributed by atoms with Gasteiger partial charge in [0.05, 0.1) is 18.0 Å². The first-order valence-corrected chi connectivity index (χ1v) is 8.14. The molecule has 1 aromatic rings. The van der Waals surface area contributed by atoms with Gasteiger partial charge in [-0.3, -0.25) is 4.79 Å². The summed E-state index contributed by atoms with van der Waals surface area (Å²) in [5.74, 6) is 0.871. The van der Waals surface area contributed by atoms with E-state index in [0.29, 0.717) is 0 Å². The van der Waals surface area contributed by atoms with Crippen LogP contribution in [0.5, 0.6) is 0 Å². The van der Waals surface area contributed by atoms with Gasteiger partial charge in [0, 0.05) is 13.1 Å². The first kappa shape index (κ1) is 15.2. The summed E-state index contributed by atoms with van der Waals surface area (Å²) >= 11 is 0. The molecule has 2 fully saturated rings. The highest BCUT2D eigenvalue weighted by molar-refractivity contribution is 5.91. The molecule has 2 aliphatic rings. The van der Waals surface area contributed by atoms with E-state index in [2.05, 4.69) is 20.5 Å². The molecule has 1 amide bonds. The summed E-state index contributed by atoms with van der Waals surface area (Å²) in [7, 11) is 0.